The maximum absolute atomic E-state index is 8.52. The third kappa shape index (κ3) is 2.60. The van der Waals surface area contributed by atoms with E-state index in [-0.39, 0.29) is 0 Å². The Hall–Kier alpha value is -1.53. The van der Waals surface area contributed by atoms with Crippen molar-refractivity contribution in [2.45, 2.75) is 0 Å². The van der Waals surface area contributed by atoms with Gasteiger partial charge < -0.3 is 10.5 Å². The van der Waals surface area contributed by atoms with Gasteiger partial charge >= 0.3 is 0 Å². The average Bonchev–Trinajstić information content (AvgIpc) is 2.20. The van der Waals surface area contributed by atoms with Crippen LogP contribution in [0.15, 0.2) is 24.3 Å². The van der Waals surface area contributed by atoms with Crippen molar-refractivity contribution in [1.29, 1.82) is 5.26 Å². The monoisotopic (exact) mass is 164 g/mol. The first-order valence-electron chi connectivity index (χ1n) is 3.49. The van der Waals surface area contributed by atoms with E-state index in [1.54, 1.807) is 25.3 Å². The smallest absolute Gasteiger partial charge is 0.136 e. The van der Waals surface area contributed by atoms with Crippen molar-refractivity contribution in [3.05, 3.63) is 29.8 Å². The predicted molar refractivity (Wildman–Crippen MR) is 47.8 cm³/mol. The third-order valence-electron chi connectivity index (χ3n) is 1.23. The number of hydrogen-bond donors (Lipinski definition) is 1. The molecule has 3 heteroatoms. The van der Waals surface area contributed by atoms with Crippen LogP contribution in [-0.4, -0.2) is 14.2 Å². The van der Waals surface area contributed by atoms with Gasteiger partial charge in [0.15, 0.2) is 0 Å². The third-order valence-corrected chi connectivity index (χ3v) is 1.23. The lowest BCUT2D eigenvalue weighted by Gasteiger charge is -1.98. The molecule has 0 spiro atoms. The highest BCUT2D eigenvalue weighted by molar-refractivity contribution is 5.42. The molecule has 0 saturated carbocycles. The Morgan fingerprint density at radius 3 is 2.33 bits per heavy atom. The summed E-state index contributed by atoms with van der Waals surface area (Å²) in [5.74, 6) is 0.630. The average molecular weight is 164 g/mol. The maximum Gasteiger partial charge on any atom is 0.136 e. The number of nitrogens with zero attached hydrogens (tertiary/aromatic N) is 1. The number of rotatable bonds is 1. The topological polar surface area (TPSA) is 59.0 Å². The summed E-state index contributed by atoms with van der Waals surface area (Å²) in [5.41, 5.74) is 5.07. The molecular formula is C9H12N2O. The van der Waals surface area contributed by atoms with E-state index in [2.05, 4.69) is 5.73 Å². The van der Waals surface area contributed by atoms with Crippen molar-refractivity contribution in [1.82, 2.24) is 0 Å². The molecule has 0 unspecified atom stereocenters. The minimum atomic E-state index is 0.574. The lowest BCUT2D eigenvalue weighted by molar-refractivity contribution is 0.413. The van der Waals surface area contributed by atoms with E-state index < -0.39 is 0 Å². The first-order chi connectivity index (χ1) is 5.88. The van der Waals surface area contributed by atoms with Crippen LogP contribution in [0.4, 0.5) is 0 Å². The number of ether oxygens (including phenoxy) is 1. The highest BCUT2D eigenvalue weighted by Gasteiger charge is 1.96. The van der Waals surface area contributed by atoms with Gasteiger partial charge in [0.05, 0.1) is 12.7 Å². The second kappa shape index (κ2) is 6.20. The summed E-state index contributed by atoms with van der Waals surface area (Å²) in [4.78, 5) is 0. The fourth-order valence-corrected chi connectivity index (χ4v) is 0.737. The summed E-state index contributed by atoms with van der Waals surface area (Å²) in [7, 11) is 3.05. The van der Waals surface area contributed by atoms with Gasteiger partial charge in [-0.1, -0.05) is 12.1 Å². The van der Waals surface area contributed by atoms with Crippen LogP contribution in [0.5, 0.6) is 5.75 Å². The Kier molecular flexibility index (Phi) is 5.41. The van der Waals surface area contributed by atoms with E-state index in [1.807, 2.05) is 12.1 Å². The highest BCUT2D eigenvalue weighted by atomic mass is 16.5. The Labute approximate surface area is 72.4 Å². The van der Waals surface area contributed by atoms with Gasteiger partial charge in [0.25, 0.3) is 0 Å². The molecule has 2 N–H and O–H groups in total. The second-order valence-corrected chi connectivity index (χ2v) is 1.81. The Morgan fingerprint density at radius 1 is 1.33 bits per heavy atom. The van der Waals surface area contributed by atoms with E-state index in [9.17, 15) is 0 Å². The first kappa shape index (κ1) is 10.5. The zero-order valence-electron chi connectivity index (χ0n) is 7.24. The van der Waals surface area contributed by atoms with Gasteiger partial charge in [0.1, 0.15) is 11.8 Å². The fraction of sp³-hybridized carbons (Fsp3) is 0.222. The molecule has 0 atom stereocenters. The molecule has 0 bridgehead atoms. The van der Waals surface area contributed by atoms with Crippen LogP contribution >= 0.6 is 0 Å². The van der Waals surface area contributed by atoms with Crippen LogP contribution in [0, 0.1) is 11.3 Å². The van der Waals surface area contributed by atoms with Crippen molar-refractivity contribution in [2.24, 2.45) is 5.73 Å². The molecule has 12 heavy (non-hydrogen) atoms. The largest absolute Gasteiger partial charge is 0.495 e. The number of nitriles is 1. The Balaban J connectivity index is 0.000000561. The van der Waals surface area contributed by atoms with Crippen molar-refractivity contribution in [3.8, 4) is 11.8 Å². The van der Waals surface area contributed by atoms with Crippen molar-refractivity contribution < 1.29 is 4.74 Å². The summed E-state index contributed by atoms with van der Waals surface area (Å²) in [6, 6.07) is 9.14. The number of methoxy groups -OCH3 is 1. The van der Waals surface area contributed by atoms with Crippen LogP contribution in [0.2, 0.25) is 0 Å². The number of nitrogens with two attached hydrogens (primary N) is 1. The summed E-state index contributed by atoms with van der Waals surface area (Å²) >= 11 is 0. The zero-order chi connectivity index (χ0) is 9.40. The molecule has 0 saturated heterocycles. The van der Waals surface area contributed by atoms with Gasteiger partial charge in [-0.05, 0) is 19.2 Å². The van der Waals surface area contributed by atoms with E-state index >= 15 is 0 Å². The van der Waals surface area contributed by atoms with E-state index in [0.717, 1.165) is 0 Å². The lowest BCUT2D eigenvalue weighted by atomic mass is 10.2. The minimum absolute atomic E-state index is 0.574. The molecule has 0 aliphatic rings. The lowest BCUT2D eigenvalue weighted by Crippen LogP contribution is -1.85. The van der Waals surface area contributed by atoms with Crippen LogP contribution in [-0.2, 0) is 0 Å². The van der Waals surface area contributed by atoms with Gasteiger partial charge in [-0.2, -0.15) is 5.26 Å². The van der Waals surface area contributed by atoms with Crippen LogP contribution < -0.4 is 10.5 Å². The Morgan fingerprint density at radius 2 is 1.92 bits per heavy atom. The number of benzene rings is 1. The molecule has 0 aliphatic carbocycles. The summed E-state index contributed by atoms with van der Waals surface area (Å²) in [5, 5.41) is 8.52. The fourth-order valence-electron chi connectivity index (χ4n) is 0.737. The maximum atomic E-state index is 8.52. The predicted octanol–water partition coefficient (Wildman–Crippen LogP) is 1.14. The normalized spacial score (nSPS) is 7.50. The van der Waals surface area contributed by atoms with Gasteiger partial charge in [0.2, 0.25) is 0 Å². The van der Waals surface area contributed by atoms with Crippen molar-refractivity contribution in [2.75, 3.05) is 14.2 Å². The molecule has 0 fully saturated rings. The van der Waals surface area contributed by atoms with Gasteiger partial charge in [-0.25, -0.2) is 0 Å². The molecule has 0 radical (unpaired) electrons. The van der Waals surface area contributed by atoms with Crippen molar-refractivity contribution >= 4 is 0 Å². The summed E-state index contributed by atoms with van der Waals surface area (Å²) in [6.45, 7) is 0. The number of para-hydroxylation sites is 1. The van der Waals surface area contributed by atoms with Gasteiger partial charge in [-0.3, -0.25) is 0 Å². The molecule has 1 aromatic rings. The molecular weight excluding hydrogens is 152 g/mol. The van der Waals surface area contributed by atoms with Gasteiger partial charge in [0, 0.05) is 0 Å². The molecule has 0 amide bonds. The molecule has 3 nitrogen and oxygen atoms in total. The van der Waals surface area contributed by atoms with Crippen LogP contribution in [0.1, 0.15) is 5.56 Å². The van der Waals surface area contributed by atoms with Crippen molar-refractivity contribution in [3.63, 3.8) is 0 Å². The van der Waals surface area contributed by atoms with Crippen LogP contribution in [0.25, 0.3) is 0 Å². The quantitative estimate of drug-likeness (QED) is 0.677. The number of hydrogen-bond acceptors (Lipinski definition) is 3. The molecule has 1 aromatic carbocycles. The van der Waals surface area contributed by atoms with Crippen LogP contribution in [0.3, 0.4) is 0 Å². The van der Waals surface area contributed by atoms with E-state index in [1.165, 1.54) is 7.05 Å². The first-order valence-corrected chi connectivity index (χ1v) is 3.49. The summed E-state index contributed by atoms with van der Waals surface area (Å²) in [6.07, 6.45) is 0. The van der Waals surface area contributed by atoms with Gasteiger partial charge in [-0.15, -0.1) is 0 Å². The molecule has 0 heterocycles. The zero-order valence-corrected chi connectivity index (χ0v) is 7.24. The summed E-state index contributed by atoms with van der Waals surface area (Å²) < 4.78 is 4.91. The van der Waals surface area contributed by atoms with E-state index in [0.29, 0.717) is 11.3 Å². The SMILES string of the molecule is CN.COc1ccccc1C#N. The highest BCUT2D eigenvalue weighted by Crippen LogP contribution is 2.14. The molecule has 64 valence electrons. The molecule has 0 aromatic heterocycles. The standard InChI is InChI=1S/C8H7NO.CH5N/c1-10-8-5-3-2-4-7(8)6-9;1-2/h2-5H,1H3;2H2,1H3. The van der Waals surface area contributed by atoms with E-state index in [4.69, 9.17) is 10.00 Å². The Bertz CT molecular complexity index is 265. The minimum Gasteiger partial charge on any atom is -0.495 e. The molecule has 0 aliphatic heterocycles. The molecule has 1 rings (SSSR count). The second-order valence-electron chi connectivity index (χ2n) is 1.81.